The van der Waals surface area contributed by atoms with Crippen LogP contribution in [0.4, 0.5) is 0 Å². The van der Waals surface area contributed by atoms with E-state index in [4.69, 9.17) is 16.3 Å². The number of rotatable bonds is 4. The average Bonchev–Trinajstić information content (AvgIpc) is 2.38. The molecule has 2 rings (SSSR count). The van der Waals surface area contributed by atoms with Crippen LogP contribution in [0.25, 0.3) is 10.9 Å². The monoisotopic (exact) mass is 441 g/mol. The summed E-state index contributed by atoms with van der Waals surface area (Å²) in [5.41, 5.74) is 0.719. The molecule has 0 fully saturated rings. The first kappa shape index (κ1) is 14.3. The van der Waals surface area contributed by atoms with E-state index >= 15 is 0 Å². The van der Waals surface area contributed by atoms with Crippen molar-refractivity contribution in [1.82, 2.24) is 4.98 Å². The molecule has 96 valence electrons. The summed E-state index contributed by atoms with van der Waals surface area (Å²) in [6.07, 6.45) is 1.15. The van der Waals surface area contributed by atoms with Gasteiger partial charge in [-0.3, -0.25) is 4.98 Å². The molecule has 1 N–H and O–H groups in total. The van der Waals surface area contributed by atoms with Gasteiger partial charge in [-0.05, 0) is 40.8 Å². The number of hydrogen-bond donors (Lipinski definition) is 1. The van der Waals surface area contributed by atoms with E-state index in [1.807, 2.05) is 18.2 Å². The van der Waals surface area contributed by atoms with Gasteiger partial charge in [0.05, 0.1) is 14.7 Å². The molecule has 0 bridgehead atoms. The molecular weight excluding hydrogens is 432 g/mol. The molecule has 0 amide bonds. The minimum absolute atomic E-state index is 0.217. The number of ether oxygens (including phenoxy) is 1. The summed E-state index contributed by atoms with van der Waals surface area (Å²) in [6, 6.07) is 5.56. The van der Waals surface area contributed by atoms with E-state index in [0.29, 0.717) is 16.1 Å². The molecule has 1 atom stereocenters. The lowest BCUT2D eigenvalue weighted by Gasteiger charge is -2.13. The number of fused-ring (bicyclic) bond motifs is 1. The van der Waals surface area contributed by atoms with Gasteiger partial charge >= 0.3 is 0 Å². The first-order valence-corrected chi connectivity index (χ1v) is 7.81. The molecule has 3 nitrogen and oxygen atoms in total. The number of aliphatic hydroxyl groups is 1. The predicted octanol–water partition coefficient (Wildman–Crippen LogP) is 3.63. The molecule has 0 aliphatic rings. The van der Waals surface area contributed by atoms with Crippen LogP contribution in [0.15, 0.2) is 24.4 Å². The standard InChI is InChI=1S/C12H10BrClINO2/c13-5-7(17)6-18-12-10(15)4-9(14)8-2-1-3-16-11(8)12/h1-4,7,17H,5-6H2. The highest BCUT2D eigenvalue weighted by Gasteiger charge is 2.13. The highest BCUT2D eigenvalue weighted by molar-refractivity contribution is 14.1. The van der Waals surface area contributed by atoms with Crippen LogP contribution >= 0.6 is 50.1 Å². The zero-order valence-electron chi connectivity index (χ0n) is 9.24. The van der Waals surface area contributed by atoms with Crippen molar-refractivity contribution in [3.63, 3.8) is 0 Å². The first-order chi connectivity index (χ1) is 8.63. The molecule has 6 heteroatoms. The maximum Gasteiger partial charge on any atom is 0.159 e. The lowest BCUT2D eigenvalue weighted by atomic mass is 10.2. The van der Waals surface area contributed by atoms with Crippen molar-refractivity contribution in [3.05, 3.63) is 33.0 Å². The molecule has 2 aromatic rings. The van der Waals surface area contributed by atoms with E-state index in [-0.39, 0.29) is 6.61 Å². The van der Waals surface area contributed by atoms with Crippen LogP contribution in [0.1, 0.15) is 0 Å². The fraction of sp³-hybridized carbons (Fsp3) is 0.250. The normalized spacial score (nSPS) is 12.7. The van der Waals surface area contributed by atoms with E-state index in [2.05, 4.69) is 43.5 Å². The molecule has 0 saturated carbocycles. The maximum atomic E-state index is 9.52. The third-order valence-corrected chi connectivity index (χ3v) is 4.21. The summed E-state index contributed by atoms with van der Waals surface area (Å²) in [4.78, 5) is 4.30. The molecule has 0 radical (unpaired) electrons. The van der Waals surface area contributed by atoms with Crippen molar-refractivity contribution in [2.75, 3.05) is 11.9 Å². The Morgan fingerprint density at radius 3 is 3.06 bits per heavy atom. The zero-order valence-corrected chi connectivity index (χ0v) is 13.7. The molecule has 1 heterocycles. The molecular formula is C12H10BrClINO2. The molecule has 0 saturated heterocycles. The number of aliphatic hydroxyl groups excluding tert-OH is 1. The van der Waals surface area contributed by atoms with E-state index in [1.54, 1.807) is 6.20 Å². The second kappa shape index (κ2) is 6.36. The van der Waals surface area contributed by atoms with Crippen molar-refractivity contribution in [3.8, 4) is 5.75 Å². The Hall–Kier alpha value is -0.110. The number of pyridine rings is 1. The molecule has 18 heavy (non-hydrogen) atoms. The van der Waals surface area contributed by atoms with Crippen LogP contribution in [0.3, 0.4) is 0 Å². The number of aromatic nitrogens is 1. The zero-order chi connectivity index (χ0) is 13.1. The minimum atomic E-state index is -0.546. The van der Waals surface area contributed by atoms with Gasteiger partial charge in [0, 0.05) is 16.9 Å². The van der Waals surface area contributed by atoms with Crippen molar-refractivity contribution >= 4 is 61.0 Å². The molecule has 0 aliphatic carbocycles. The maximum absolute atomic E-state index is 9.52. The van der Waals surface area contributed by atoms with Crippen LogP contribution in [0.2, 0.25) is 5.02 Å². The van der Waals surface area contributed by atoms with Gasteiger partial charge in [0.25, 0.3) is 0 Å². The van der Waals surface area contributed by atoms with Gasteiger partial charge in [0.1, 0.15) is 12.1 Å². The Bertz CT molecular complexity index is 567. The fourth-order valence-corrected chi connectivity index (χ4v) is 2.86. The quantitative estimate of drug-likeness (QED) is 0.581. The first-order valence-electron chi connectivity index (χ1n) is 5.23. The van der Waals surface area contributed by atoms with E-state index in [0.717, 1.165) is 14.5 Å². The highest BCUT2D eigenvalue weighted by atomic mass is 127. The van der Waals surface area contributed by atoms with Crippen LogP contribution in [0.5, 0.6) is 5.75 Å². The SMILES string of the molecule is OC(CBr)COc1c(I)cc(Cl)c2cccnc12. The Labute approximate surface area is 132 Å². The van der Waals surface area contributed by atoms with Crippen molar-refractivity contribution in [2.45, 2.75) is 6.10 Å². The molecule has 1 aromatic heterocycles. The van der Waals surface area contributed by atoms with Crippen molar-refractivity contribution in [1.29, 1.82) is 0 Å². The van der Waals surface area contributed by atoms with Gasteiger partial charge in [-0.2, -0.15) is 0 Å². The van der Waals surface area contributed by atoms with E-state index < -0.39 is 6.10 Å². The van der Waals surface area contributed by atoms with Crippen molar-refractivity contribution < 1.29 is 9.84 Å². The van der Waals surface area contributed by atoms with E-state index in [9.17, 15) is 5.11 Å². The van der Waals surface area contributed by atoms with Gasteiger partial charge in [0.15, 0.2) is 5.75 Å². The van der Waals surface area contributed by atoms with E-state index in [1.165, 1.54) is 0 Å². The van der Waals surface area contributed by atoms with Gasteiger partial charge in [-0.1, -0.05) is 27.5 Å². The lowest BCUT2D eigenvalue weighted by molar-refractivity contribution is 0.127. The fourth-order valence-electron chi connectivity index (χ4n) is 1.51. The Morgan fingerprint density at radius 2 is 2.33 bits per heavy atom. The molecule has 1 aromatic carbocycles. The molecule has 0 spiro atoms. The summed E-state index contributed by atoms with van der Waals surface area (Å²) in [6.45, 7) is 0.217. The smallest absolute Gasteiger partial charge is 0.159 e. The Morgan fingerprint density at radius 1 is 1.56 bits per heavy atom. The number of hydrogen-bond acceptors (Lipinski definition) is 3. The topological polar surface area (TPSA) is 42.4 Å². The summed E-state index contributed by atoms with van der Waals surface area (Å²) < 4.78 is 6.53. The second-order valence-corrected chi connectivity index (χ2v) is 5.90. The van der Waals surface area contributed by atoms with Crippen LogP contribution < -0.4 is 4.74 Å². The highest BCUT2D eigenvalue weighted by Crippen LogP contribution is 2.34. The van der Waals surface area contributed by atoms with Crippen LogP contribution in [-0.2, 0) is 0 Å². The minimum Gasteiger partial charge on any atom is -0.487 e. The number of halogens is 3. The van der Waals surface area contributed by atoms with Crippen molar-refractivity contribution in [2.24, 2.45) is 0 Å². The summed E-state index contributed by atoms with van der Waals surface area (Å²) in [5.74, 6) is 0.663. The summed E-state index contributed by atoms with van der Waals surface area (Å²) >= 11 is 11.5. The Balaban J connectivity index is 2.43. The molecule has 1 unspecified atom stereocenters. The number of nitrogens with zero attached hydrogens (tertiary/aromatic N) is 1. The predicted molar refractivity (Wildman–Crippen MR) is 84.8 cm³/mol. The molecule has 0 aliphatic heterocycles. The largest absolute Gasteiger partial charge is 0.487 e. The summed E-state index contributed by atoms with van der Waals surface area (Å²) in [7, 11) is 0. The van der Waals surface area contributed by atoms with Crippen LogP contribution in [-0.4, -0.2) is 28.1 Å². The second-order valence-electron chi connectivity index (χ2n) is 3.69. The van der Waals surface area contributed by atoms with Gasteiger partial charge < -0.3 is 9.84 Å². The third-order valence-electron chi connectivity index (χ3n) is 2.35. The average molecular weight is 442 g/mol. The van der Waals surface area contributed by atoms with Crippen LogP contribution in [0, 0.1) is 3.57 Å². The van der Waals surface area contributed by atoms with Gasteiger partial charge in [-0.25, -0.2) is 0 Å². The van der Waals surface area contributed by atoms with Gasteiger partial charge in [-0.15, -0.1) is 0 Å². The summed E-state index contributed by atoms with van der Waals surface area (Å²) in [5, 5.41) is 11.5. The number of alkyl halides is 1. The number of benzene rings is 1. The van der Waals surface area contributed by atoms with Gasteiger partial charge in [0.2, 0.25) is 0 Å². The third kappa shape index (κ3) is 3.07. The Kier molecular flexibility index (Phi) is 5.06. The lowest BCUT2D eigenvalue weighted by Crippen LogP contribution is -2.19.